The molecule has 0 amide bonds. The second-order valence-electron chi connectivity index (χ2n) is 5.20. The highest BCUT2D eigenvalue weighted by Crippen LogP contribution is 2.17. The summed E-state index contributed by atoms with van der Waals surface area (Å²) in [6.07, 6.45) is 0.192. The zero-order chi connectivity index (χ0) is 13.9. The van der Waals surface area contributed by atoms with E-state index in [0.717, 1.165) is 16.7 Å². The lowest BCUT2D eigenvalue weighted by Gasteiger charge is -2.15. The molecule has 1 aromatic rings. The van der Waals surface area contributed by atoms with Crippen molar-refractivity contribution >= 4 is 11.8 Å². The average molecular weight is 248 g/mol. The zero-order valence-electron chi connectivity index (χ0n) is 11.4. The predicted octanol–water partition coefficient (Wildman–Crippen LogP) is 2.77. The lowest BCUT2D eigenvalue weighted by molar-refractivity contribution is -0.147. The summed E-state index contributed by atoms with van der Waals surface area (Å²) in [5.74, 6) is -2.34. The van der Waals surface area contributed by atoms with Crippen molar-refractivity contribution in [2.75, 3.05) is 0 Å². The van der Waals surface area contributed by atoms with Gasteiger partial charge in [0.2, 0.25) is 0 Å². The van der Waals surface area contributed by atoms with Crippen LogP contribution < -0.4 is 0 Å². The number of Topliss-reactive ketones (excluding diaryl/α,β-unsaturated/α-hetero) is 1. The molecule has 0 heterocycles. The molecule has 0 bridgehead atoms. The van der Waals surface area contributed by atoms with E-state index in [1.165, 1.54) is 0 Å². The van der Waals surface area contributed by atoms with Crippen molar-refractivity contribution in [3.8, 4) is 0 Å². The SMILES string of the molecule is Cc1cc(C)cc(CC(=O)C(C(=O)O)C(C)C)c1. The maximum atomic E-state index is 12.0. The number of hydrogen-bond donors (Lipinski definition) is 1. The molecule has 1 unspecified atom stereocenters. The quantitative estimate of drug-likeness (QED) is 0.815. The van der Waals surface area contributed by atoms with E-state index in [-0.39, 0.29) is 18.1 Å². The van der Waals surface area contributed by atoms with Crippen molar-refractivity contribution in [1.82, 2.24) is 0 Å². The van der Waals surface area contributed by atoms with Crippen molar-refractivity contribution in [2.24, 2.45) is 11.8 Å². The van der Waals surface area contributed by atoms with Gasteiger partial charge in [-0.1, -0.05) is 43.2 Å². The molecule has 0 aliphatic rings. The molecule has 0 aromatic heterocycles. The monoisotopic (exact) mass is 248 g/mol. The van der Waals surface area contributed by atoms with Crippen LogP contribution in [-0.2, 0) is 16.0 Å². The van der Waals surface area contributed by atoms with E-state index < -0.39 is 11.9 Å². The third kappa shape index (κ3) is 3.69. The molecule has 0 saturated heterocycles. The van der Waals surface area contributed by atoms with Crippen LogP contribution in [0.25, 0.3) is 0 Å². The van der Waals surface area contributed by atoms with Crippen LogP contribution >= 0.6 is 0 Å². The molecule has 1 aromatic carbocycles. The van der Waals surface area contributed by atoms with E-state index in [2.05, 4.69) is 0 Å². The summed E-state index contributed by atoms with van der Waals surface area (Å²) in [5.41, 5.74) is 3.08. The third-order valence-electron chi connectivity index (χ3n) is 2.94. The fourth-order valence-corrected chi connectivity index (χ4v) is 2.28. The van der Waals surface area contributed by atoms with Gasteiger partial charge in [-0.05, 0) is 25.3 Å². The minimum absolute atomic E-state index is 0.180. The number of carbonyl (C=O) groups excluding carboxylic acids is 1. The van der Waals surface area contributed by atoms with Crippen molar-refractivity contribution in [2.45, 2.75) is 34.1 Å². The summed E-state index contributed by atoms with van der Waals surface area (Å²) in [7, 11) is 0. The van der Waals surface area contributed by atoms with Gasteiger partial charge in [-0.3, -0.25) is 9.59 Å². The van der Waals surface area contributed by atoms with Gasteiger partial charge in [0.1, 0.15) is 5.92 Å². The number of aryl methyl sites for hydroxylation is 2. The van der Waals surface area contributed by atoms with Gasteiger partial charge < -0.3 is 5.11 Å². The first kappa shape index (κ1) is 14.4. The van der Waals surface area contributed by atoms with Crippen LogP contribution in [0.4, 0.5) is 0 Å². The second-order valence-corrected chi connectivity index (χ2v) is 5.20. The maximum absolute atomic E-state index is 12.0. The van der Waals surface area contributed by atoms with Crippen LogP contribution in [0.5, 0.6) is 0 Å². The third-order valence-corrected chi connectivity index (χ3v) is 2.94. The summed E-state index contributed by atoms with van der Waals surface area (Å²) in [6.45, 7) is 7.46. The standard InChI is InChI=1S/C15H20O3/c1-9(2)14(15(17)18)13(16)8-12-6-10(3)5-11(4)7-12/h5-7,9,14H,8H2,1-4H3,(H,17,18). The summed E-state index contributed by atoms with van der Waals surface area (Å²) < 4.78 is 0. The topological polar surface area (TPSA) is 54.4 Å². The Morgan fingerprint density at radius 2 is 1.61 bits per heavy atom. The number of carbonyl (C=O) groups is 2. The van der Waals surface area contributed by atoms with E-state index in [1.54, 1.807) is 13.8 Å². The highest BCUT2D eigenvalue weighted by atomic mass is 16.4. The molecular formula is C15H20O3. The van der Waals surface area contributed by atoms with E-state index in [1.807, 2.05) is 32.0 Å². The number of rotatable bonds is 5. The second kappa shape index (κ2) is 5.80. The Bertz CT molecular complexity index is 441. The van der Waals surface area contributed by atoms with Crippen molar-refractivity contribution in [1.29, 1.82) is 0 Å². The van der Waals surface area contributed by atoms with Gasteiger partial charge in [0, 0.05) is 6.42 Å². The molecule has 0 aliphatic heterocycles. The predicted molar refractivity (Wildman–Crippen MR) is 70.6 cm³/mol. The first-order valence-electron chi connectivity index (χ1n) is 6.14. The van der Waals surface area contributed by atoms with Crippen LogP contribution in [0.1, 0.15) is 30.5 Å². The molecule has 1 N–H and O–H groups in total. The molecule has 3 nitrogen and oxygen atoms in total. The van der Waals surface area contributed by atoms with Gasteiger partial charge in [-0.25, -0.2) is 0 Å². The Labute approximate surface area is 108 Å². The lowest BCUT2D eigenvalue weighted by atomic mass is 9.88. The van der Waals surface area contributed by atoms with Crippen molar-refractivity contribution < 1.29 is 14.7 Å². The molecule has 0 radical (unpaired) electrons. The Morgan fingerprint density at radius 3 is 2.00 bits per heavy atom. The van der Waals surface area contributed by atoms with Crippen molar-refractivity contribution in [3.05, 3.63) is 34.9 Å². The zero-order valence-corrected chi connectivity index (χ0v) is 11.4. The number of benzene rings is 1. The number of ketones is 1. The minimum Gasteiger partial charge on any atom is -0.481 e. The average Bonchev–Trinajstić information content (AvgIpc) is 2.13. The number of aliphatic carboxylic acids is 1. The first-order chi connectivity index (χ1) is 8.31. The van der Waals surface area contributed by atoms with Gasteiger partial charge in [0.25, 0.3) is 0 Å². The molecule has 0 spiro atoms. The summed E-state index contributed by atoms with van der Waals surface area (Å²) in [5, 5.41) is 9.08. The Kier molecular flexibility index (Phi) is 4.65. The molecule has 0 fully saturated rings. The van der Waals surface area contributed by atoms with Crippen LogP contribution in [-0.4, -0.2) is 16.9 Å². The highest BCUT2D eigenvalue weighted by molar-refractivity contribution is 5.99. The van der Waals surface area contributed by atoms with Gasteiger partial charge >= 0.3 is 5.97 Å². The van der Waals surface area contributed by atoms with Gasteiger partial charge in [-0.15, -0.1) is 0 Å². The Morgan fingerprint density at radius 1 is 1.11 bits per heavy atom. The number of carboxylic acids is 1. The van der Waals surface area contributed by atoms with E-state index in [0.29, 0.717) is 0 Å². The molecule has 0 saturated carbocycles. The van der Waals surface area contributed by atoms with Gasteiger partial charge in [-0.2, -0.15) is 0 Å². The van der Waals surface area contributed by atoms with Crippen LogP contribution in [0.2, 0.25) is 0 Å². The molecule has 98 valence electrons. The van der Waals surface area contributed by atoms with Crippen LogP contribution in [0.3, 0.4) is 0 Å². The first-order valence-corrected chi connectivity index (χ1v) is 6.14. The molecule has 18 heavy (non-hydrogen) atoms. The fourth-order valence-electron chi connectivity index (χ4n) is 2.28. The Hall–Kier alpha value is -1.64. The summed E-state index contributed by atoms with van der Waals surface area (Å²) in [6, 6.07) is 5.90. The van der Waals surface area contributed by atoms with E-state index >= 15 is 0 Å². The molecular weight excluding hydrogens is 228 g/mol. The molecule has 0 aliphatic carbocycles. The number of carboxylic acid groups (broad SMARTS) is 1. The Balaban J connectivity index is 2.89. The fraction of sp³-hybridized carbons (Fsp3) is 0.467. The van der Waals surface area contributed by atoms with Crippen LogP contribution in [0.15, 0.2) is 18.2 Å². The van der Waals surface area contributed by atoms with Gasteiger partial charge in [0.15, 0.2) is 5.78 Å². The molecule has 1 atom stereocenters. The van der Waals surface area contributed by atoms with E-state index in [4.69, 9.17) is 5.11 Å². The summed E-state index contributed by atoms with van der Waals surface area (Å²) >= 11 is 0. The minimum atomic E-state index is -1.03. The normalized spacial score (nSPS) is 12.5. The number of hydrogen-bond acceptors (Lipinski definition) is 2. The maximum Gasteiger partial charge on any atom is 0.314 e. The smallest absolute Gasteiger partial charge is 0.314 e. The molecule has 3 heteroatoms. The largest absolute Gasteiger partial charge is 0.481 e. The highest BCUT2D eigenvalue weighted by Gasteiger charge is 2.29. The summed E-state index contributed by atoms with van der Waals surface area (Å²) in [4.78, 5) is 23.1. The van der Waals surface area contributed by atoms with E-state index in [9.17, 15) is 9.59 Å². The van der Waals surface area contributed by atoms with Crippen LogP contribution in [0, 0.1) is 25.7 Å². The molecule has 1 rings (SSSR count). The van der Waals surface area contributed by atoms with Gasteiger partial charge in [0.05, 0.1) is 0 Å². The lowest BCUT2D eigenvalue weighted by Crippen LogP contribution is -2.29. The van der Waals surface area contributed by atoms with Crippen molar-refractivity contribution in [3.63, 3.8) is 0 Å².